The van der Waals surface area contributed by atoms with Gasteiger partial charge in [-0.3, -0.25) is 5.01 Å². The van der Waals surface area contributed by atoms with E-state index in [1.54, 1.807) is 5.01 Å². The van der Waals surface area contributed by atoms with E-state index in [-0.39, 0.29) is 17.8 Å². The Balaban J connectivity index is 3.05. The molecule has 0 fully saturated rings. The highest BCUT2D eigenvalue weighted by Crippen LogP contribution is 2.36. The summed E-state index contributed by atoms with van der Waals surface area (Å²) in [5, 5.41) is 9.33. The largest absolute Gasteiger partial charge is 0.418 e. The van der Waals surface area contributed by atoms with Gasteiger partial charge >= 0.3 is 6.18 Å². The van der Waals surface area contributed by atoms with Crippen molar-refractivity contribution in [3.63, 3.8) is 0 Å². The van der Waals surface area contributed by atoms with Crippen LogP contribution in [0.25, 0.3) is 0 Å². The first-order chi connectivity index (χ1) is 8.73. The molecule has 6 heteroatoms. The highest BCUT2D eigenvalue weighted by atomic mass is 19.4. The number of benzene rings is 1. The van der Waals surface area contributed by atoms with E-state index < -0.39 is 11.7 Å². The van der Waals surface area contributed by atoms with Crippen molar-refractivity contribution in [2.75, 3.05) is 0 Å². The third-order valence-corrected chi connectivity index (χ3v) is 2.52. The predicted octanol–water partition coefficient (Wildman–Crippen LogP) is 4.82. The van der Waals surface area contributed by atoms with Gasteiger partial charge in [-0.15, -0.1) is 5.11 Å². The van der Waals surface area contributed by atoms with Gasteiger partial charge in [-0.25, -0.2) is 0 Å². The van der Waals surface area contributed by atoms with Crippen LogP contribution < -0.4 is 0 Å². The Morgan fingerprint density at radius 1 is 1.00 bits per heavy atom. The van der Waals surface area contributed by atoms with Crippen molar-refractivity contribution < 1.29 is 13.2 Å². The smallest absolute Gasteiger partial charge is 0.273 e. The maximum atomic E-state index is 12.8. The van der Waals surface area contributed by atoms with Crippen molar-refractivity contribution in [2.45, 2.75) is 46.0 Å². The maximum Gasteiger partial charge on any atom is 0.418 e. The SMILES string of the molecule is CC(C)N(N=Nc1ccccc1C(F)(F)F)C(C)C. The van der Waals surface area contributed by atoms with Crippen molar-refractivity contribution in [2.24, 2.45) is 10.3 Å². The van der Waals surface area contributed by atoms with E-state index in [9.17, 15) is 13.2 Å². The van der Waals surface area contributed by atoms with Crippen LogP contribution in [-0.2, 0) is 6.18 Å². The number of alkyl halides is 3. The normalized spacial score (nSPS) is 12.7. The summed E-state index contributed by atoms with van der Waals surface area (Å²) in [5.41, 5.74) is -0.937. The third-order valence-electron chi connectivity index (χ3n) is 2.52. The summed E-state index contributed by atoms with van der Waals surface area (Å²) in [6.07, 6.45) is -4.42. The van der Waals surface area contributed by atoms with E-state index in [1.807, 2.05) is 27.7 Å². The second-order valence-corrected chi connectivity index (χ2v) is 4.77. The second kappa shape index (κ2) is 6.04. The second-order valence-electron chi connectivity index (χ2n) is 4.77. The number of hydrogen-bond acceptors (Lipinski definition) is 2. The molecule has 0 N–H and O–H groups in total. The molecule has 0 saturated carbocycles. The molecule has 1 rings (SSSR count). The minimum absolute atomic E-state index is 0.0711. The first-order valence-corrected chi connectivity index (χ1v) is 6.09. The molecule has 1 aromatic carbocycles. The highest BCUT2D eigenvalue weighted by Gasteiger charge is 2.33. The van der Waals surface area contributed by atoms with E-state index in [4.69, 9.17) is 0 Å². The van der Waals surface area contributed by atoms with Crippen molar-refractivity contribution in [3.05, 3.63) is 29.8 Å². The summed E-state index contributed by atoms with van der Waals surface area (Å²) < 4.78 is 38.3. The van der Waals surface area contributed by atoms with Gasteiger partial charge in [-0.05, 0) is 39.8 Å². The molecule has 0 unspecified atom stereocenters. The summed E-state index contributed by atoms with van der Waals surface area (Å²) in [6.45, 7) is 7.65. The van der Waals surface area contributed by atoms with Crippen molar-refractivity contribution >= 4 is 5.69 Å². The van der Waals surface area contributed by atoms with Gasteiger partial charge in [0.15, 0.2) is 0 Å². The molecule has 0 spiro atoms. The Labute approximate surface area is 111 Å². The fourth-order valence-corrected chi connectivity index (χ4v) is 1.70. The topological polar surface area (TPSA) is 28.0 Å². The lowest BCUT2D eigenvalue weighted by Gasteiger charge is -2.25. The Hall–Kier alpha value is -1.59. The lowest BCUT2D eigenvalue weighted by molar-refractivity contribution is -0.137. The molecule has 0 radical (unpaired) electrons. The van der Waals surface area contributed by atoms with Crippen LogP contribution in [0, 0.1) is 0 Å². The van der Waals surface area contributed by atoms with Gasteiger partial charge in [0.05, 0.1) is 11.3 Å². The Bertz CT molecular complexity index is 431. The van der Waals surface area contributed by atoms with Crippen LogP contribution in [0.3, 0.4) is 0 Å². The van der Waals surface area contributed by atoms with Crippen LogP contribution >= 0.6 is 0 Å². The number of rotatable bonds is 4. The number of hydrogen-bond donors (Lipinski definition) is 0. The maximum absolute atomic E-state index is 12.8. The molecule has 0 amide bonds. The molecule has 19 heavy (non-hydrogen) atoms. The van der Waals surface area contributed by atoms with Gasteiger partial charge in [-0.2, -0.15) is 13.2 Å². The minimum atomic E-state index is -4.42. The van der Waals surface area contributed by atoms with Crippen LogP contribution in [0.1, 0.15) is 33.3 Å². The molecule has 1 aromatic rings. The van der Waals surface area contributed by atoms with Gasteiger partial charge in [-0.1, -0.05) is 17.4 Å². The Morgan fingerprint density at radius 2 is 1.53 bits per heavy atom. The lowest BCUT2D eigenvalue weighted by Crippen LogP contribution is -2.31. The van der Waals surface area contributed by atoms with Crippen molar-refractivity contribution in [3.8, 4) is 0 Å². The monoisotopic (exact) mass is 273 g/mol. The molecule has 0 bridgehead atoms. The van der Waals surface area contributed by atoms with E-state index in [0.717, 1.165) is 6.07 Å². The quantitative estimate of drug-likeness (QED) is 0.570. The molecule has 0 heterocycles. The molecule has 0 aliphatic heterocycles. The average Bonchev–Trinajstić information content (AvgIpc) is 2.27. The molecule has 0 atom stereocenters. The van der Waals surface area contributed by atoms with Crippen molar-refractivity contribution in [1.82, 2.24) is 5.01 Å². The minimum Gasteiger partial charge on any atom is -0.273 e. The summed E-state index contributed by atoms with van der Waals surface area (Å²) >= 11 is 0. The summed E-state index contributed by atoms with van der Waals surface area (Å²) in [4.78, 5) is 0. The molecule has 3 nitrogen and oxygen atoms in total. The Morgan fingerprint density at radius 3 is 2.00 bits per heavy atom. The van der Waals surface area contributed by atoms with E-state index >= 15 is 0 Å². The highest BCUT2D eigenvalue weighted by molar-refractivity contribution is 5.46. The molecule has 0 aromatic heterocycles. The van der Waals surface area contributed by atoms with Crippen LogP contribution in [-0.4, -0.2) is 17.1 Å². The molecule has 0 saturated heterocycles. The summed E-state index contributed by atoms with van der Waals surface area (Å²) in [5.74, 6) is 0. The first-order valence-electron chi connectivity index (χ1n) is 6.09. The van der Waals surface area contributed by atoms with E-state index in [1.165, 1.54) is 18.2 Å². The van der Waals surface area contributed by atoms with Gasteiger partial charge in [0.2, 0.25) is 0 Å². The average molecular weight is 273 g/mol. The lowest BCUT2D eigenvalue weighted by atomic mass is 10.2. The zero-order valence-corrected chi connectivity index (χ0v) is 11.4. The van der Waals surface area contributed by atoms with Crippen molar-refractivity contribution in [1.29, 1.82) is 0 Å². The number of halogens is 3. The molecule has 106 valence electrons. The molecule has 0 aliphatic carbocycles. The molecular weight excluding hydrogens is 255 g/mol. The fraction of sp³-hybridized carbons (Fsp3) is 0.538. The molecular formula is C13H18F3N3. The van der Waals surface area contributed by atoms with Crippen LogP contribution in [0.4, 0.5) is 18.9 Å². The van der Waals surface area contributed by atoms with Gasteiger partial charge in [0, 0.05) is 12.1 Å². The molecule has 0 aliphatic rings. The van der Waals surface area contributed by atoms with Gasteiger partial charge < -0.3 is 0 Å². The zero-order chi connectivity index (χ0) is 14.6. The summed E-state index contributed by atoms with van der Waals surface area (Å²) in [6, 6.07) is 5.31. The standard InChI is InChI=1S/C13H18F3N3/c1-9(2)19(10(3)4)18-17-12-8-6-5-7-11(12)13(14,15)16/h5-10H,1-4H3. The first kappa shape index (κ1) is 15.5. The van der Waals surface area contributed by atoms with E-state index in [2.05, 4.69) is 10.3 Å². The predicted molar refractivity (Wildman–Crippen MR) is 68.1 cm³/mol. The van der Waals surface area contributed by atoms with Gasteiger partial charge in [0.1, 0.15) is 0 Å². The third kappa shape index (κ3) is 4.22. The fourth-order valence-electron chi connectivity index (χ4n) is 1.70. The van der Waals surface area contributed by atoms with E-state index in [0.29, 0.717) is 0 Å². The van der Waals surface area contributed by atoms with Gasteiger partial charge in [0.25, 0.3) is 0 Å². The van der Waals surface area contributed by atoms with Crippen LogP contribution in [0.15, 0.2) is 34.6 Å². The van der Waals surface area contributed by atoms with Crippen LogP contribution in [0.2, 0.25) is 0 Å². The Kier molecular flexibility index (Phi) is 4.91. The zero-order valence-electron chi connectivity index (χ0n) is 11.4. The number of nitrogens with zero attached hydrogens (tertiary/aromatic N) is 3. The summed E-state index contributed by atoms with van der Waals surface area (Å²) in [7, 11) is 0. The van der Waals surface area contributed by atoms with Crippen LogP contribution in [0.5, 0.6) is 0 Å².